The molecule has 0 aliphatic rings. The first kappa shape index (κ1) is 16.1. The summed E-state index contributed by atoms with van der Waals surface area (Å²) >= 11 is 0. The van der Waals surface area contributed by atoms with E-state index in [1.54, 1.807) is 24.3 Å². The van der Waals surface area contributed by atoms with Crippen LogP contribution in [0.2, 0.25) is 0 Å². The van der Waals surface area contributed by atoms with Crippen molar-refractivity contribution in [2.45, 2.75) is 6.54 Å². The molecule has 0 saturated carbocycles. The fraction of sp³-hybridized carbons (Fsp3) is 0.111. The Hall–Kier alpha value is -3.26. The number of rotatable bonds is 6. The molecular weight excluding hydrogens is 290 g/mol. The van der Waals surface area contributed by atoms with Crippen LogP contribution in [0.1, 0.15) is 5.56 Å². The van der Waals surface area contributed by atoms with E-state index in [0.717, 1.165) is 5.56 Å². The molecule has 5 heteroatoms. The lowest BCUT2D eigenvalue weighted by atomic mass is 10.2. The molecule has 2 N–H and O–H groups in total. The predicted molar refractivity (Wildman–Crippen MR) is 88.6 cm³/mol. The molecule has 0 bridgehead atoms. The van der Waals surface area contributed by atoms with E-state index in [-0.39, 0.29) is 5.57 Å². The van der Waals surface area contributed by atoms with E-state index in [9.17, 15) is 4.79 Å². The SMILES string of the molecule is COc1ccccc1NC(=O)/C(C#N)=C\NCc1ccccc1. The largest absolute Gasteiger partial charge is 0.495 e. The van der Waals surface area contributed by atoms with E-state index in [4.69, 9.17) is 10.00 Å². The van der Waals surface area contributed by atoms with Gasteiger partial charge in [-0.25, -0.2) is 0 Å². The summed E-state index contributed by atoms with van der Waals surface area (Å²) in [7, 11) is 1.52. The van der Waals surface area contributed by atoms with Crippen molar-refractivity contribution in [1.82, 2.24) is 5.32 Å². The summed E-state index contributed by atoms with van der Waals surface area (Å²) in [5.74, 6) is 0.0490. The number of carbonyl (C=O) groups is 1. The van der Waals surface area contributed by atoms with Gasteiger partial charge in [0.15, 0.2) is 0 Å². The van der Waals surface area contributed by atoms with Crippen LogP contribution in [0.15, 0.2) is 66.4 Å². The van der Waals surface area contributed by atoms with Gasteiger partial charge in [-0.2, -0.15) is 5.26 Å². The molecule has 0 spiro atoms. The van der Waals surface area contributed by atoms with E-state index in [1.807, 2.05) is 36.4 Å². The second kappa shape index (κ2) is 8.25. The molecule has 23 heavy (non-hydrogen) atoms. The van der Waals surface area contributed by atoms with Gasteiger partial charge in [0, 0.05) is 12.7 Å². The maximum atomic E-state index is 12.2. The van der Waals surface area contributed by atoms with Crippen LogP contribution < -0.4 is 15.4 Å². The van der Waals surface area contributed by atoms with Gasteiger partial charge in [-0.05, 0) is 17.7 Å². The molecule has 0 unspecified atom stereocenters. The van der Waals surface area contributed by atoms with Crippen molar-refractivity contribution in [2.75, 3.05) is 12.4 Å². The lowest BCUT2D eigenvalue weighted by molar-refractivity contribution is -0.112. The number of hydrogen-bond acceptors (Lipinski definition) is 4. The van der Waals surface area contributed by atoms with Gasteiger partial charge in [0.1, 0.15) is 17.4 Å². The fourth-order valence-corrected chi connectivity index (χ4v) is 1.95. The molecule has 0 radical (unpaired) electrons. The van der Waals surface area contributed by atoms with Gasteiger partial charge in [-0.3, -0.25) is 4.79 Å². The molecular formula is C18H17N3O2. The second-order valence-corrected chi connectivity index (χ2v) is 4.69. The lowest BCUT2D eigenvalue weighted by Crippen LogP contribution is -2.17. The highest BCUT2D eigenvalue weighted by Gasteiger charge is 2.11. The van der Waals surface area contributed by atoms with Crippen LogP contribution in [-0.4, -0.2) is 13.0 Å². The van der Waals surface area contributed by atoms with Gasteiger partial charge < -0.3 is 15.4 Å². The van der Waals surface area contributed by atoms with Crippen molar-refractivity contribution in [2.24, 2.45) is 0 Å². The summed E-state index contributed by atoms with van der Waals surface area (Å²) in [6.07, 6.45) is 1.41. The molecule has 0 atom stereocenters. The third-order valence-electron chi connectivity index (χ3n) is 3.12. The molecule has 116 valence electrons. The summed E-state index contributed by atoms with van der Waals surface area (Å²) in [5.41, 5.74) is 1.57. The summed E-state index contributed by atoms with van der Waals surface area (Å²) < 4.78 is 5.17. The van der Waals surface area contributed by atoms with Crippen LogP contribution in [-0.2, 0) is 11.3 Å². The first-order valence-corrected chi connectivity index (χ1v) is 7.06. The molecule has 0 aliphatic heterocycles. The minimum absolute atomic E-state index is 0.00756. The lowest BCUT2D eigenvalue weighted by Gasteiger charge is -2.09. The Balaban J connectivity index is 2.01. The van der Waals surface area contributed by atoms with Gasteiger partial charge in [-0.15, -0.1) is 0 Å². The monoisotopic (exact) mass is 307 g/mol. The maximum absolute atomic E-state index is 12.2. The smallest absolute Gasteiger partial charge is 0.267 e. The quantitative estimate of drug-likeness (QED) is 0.636. The zero-order valence-electron chi connectivity index (χ0n) is 12.7. The van der Waals surface area contributed by atoms with E-state index in [0.29, 0.717) is 18.0 Å². The van der Waals surface area contributed by atoms with Gasteiger partial charge in [0.05, 0.1) is 12.8 Å². The van der Waals surface area contributed by atoms with Crippen LogP contribution in [0.4, 0.5) is 5.69 Å². The summed E-state index contributed by atoms with van der Waals surface area (Å²) in [6.45, 7) is 0.536. The average molecular weight is 307 g/mol. The van der Waals surface area contributed by atoms with Crippen LogP contribution >= 0.6 is 0 Å². The normalized spacial score (nSPS) is 10.5. The molecule has 0 fully saturated rings. The molecule has 0 heterocycles. The molecule has 2 aromatic carbocycles. The standard InChI is InChI=1S/C18H17N3O2/c1-23-17-10-6-5-9-16(17)21-18(22)15(11-19)13-20-12-14-7-3-2-4-8-14/h2-10,13,20H,12H2,1H3,(H,21,22)/b15-13-. The van der Waals surface area contributed by atoms with Crippen LogP contribution in [0.25, 0.3) is 0 Å². The Labute approximate surface area is 135 Å². The van der Waals surface area contributed by atoms with Crippen molar-refractivity contribution < 1.29 is 9.53 Å². The molecule has 2 aromatic rings. The van der Waals surface area contributed by atoms with Crippen molar-refractivity contribution in [3.8, 4) is 11.8 Å². The fourth-order valence-electron chi connectivity index (χ4n) is 1.95. The maximum Gasteiger partial charge on any atom is 0.267 e. The van der Waals surface area contributed by atoms with Crippen molar-refractivity contribution >= 4 is 11.6 Å². The van der Waals surface area contributed by atoms with Crippen molar-refractivity contribution in [3.63, 3.8) is 0 Å². The highest BCUT2D eigenvalue weighted by atomic mass is 16.5. The zero-order chi connectivity index (χ0) is 16.5. The Morgan fingerprint density at radius 3 is 2.57 bits per heavy atom. The van der Waals surface area contributed by atoms with E-state index < -0.39 is 5.91 Å². The molecule has 5 nitrogen and oxygen atoms in total. The number of ether oxygens (including phenoxy) is 1. The molecule has 1 amide bonds. The average Bonchev–Trinajstić information content (AvgIpc) is 2.60. The summed E-state index contributed by atoms with van der Waals surface area (Å²) in [4.78, 5) is 12.2. The first-order chi connectivity index (χ1) is 11.2. The third kappa shape index (κ3) is 4.61. The number of nitrogens with zero attached hydrogens (tertiary/aromatic N) is 1. The Morgan fingerprint density at radius 2 is 1.87 bits per heavy atom. The Bertz CT molecular complexity index is 733. The number of anilines is 1. The second-order valence-electron chi connectivity index (χ2n) is 4.69. The number of benzene rings is 2. The van der Waals surface area contributed by atoms with Gasteiger partial charge in [0.2, 0.25) is 0 Å². The van der Waals surface area contributed by atoms with E-state index in [2.05, 4.69) is 10.6 Å². The molecule has 0 saturated heterocycles. The van der Waals surface area contributed by atoms with Gasteiger partial charge >= 0.3 is 0 Å². The van der Waals surface area contributed by atoms with Crippen molar-refractivity contribution in [3.05, 3.63) is 71.9 Å². The van der Waals surface area contributed by atoms with Crippen LogP contribution in [0.3, 0.4) is 0 Å². The van der Waals surface area contributed by atoms with E-state index in [1.165, 1.54) is 13.3 Å². The summed E-state index contributed by atoms with van der Waals surface area (Å²) in [5, 5.41) is 14.8. The number of para-hydroxylation sites is 2. The number of amides is 1. The topological polar surface area (TPSA) is 74.1 Å². The van der Waals surface area contributed by atoms with Crippen LogP contribution in [0.5, 0.6) is 5.75 Å². The number of methoxy groups -OCH3 is 1. The van der Waals surface area contributed by atoms with Crippen LogP contribution in [0, 0.1) is 11.3 Å². The zero-order valence-corrected chi connectivity index (χ0v) is 12.7. The third-order valence-corrected chi connectivity index (χ3v) is 3.12. The minimum atomic E-state index is -0.488. The highest BCUT2D eigenvalue weighted by Crippen LogP contribution is 2.23. The van der Waals surface area contributed by atoms with E-state index >= 15 is 0 Å². The number of carbonyl (C=O) groups excluding carboxylic acids is 1. The number of nitriles is 1. The van der Waals surface area contributed by atoms with Gasteiger partial charge in [0.25, 0.3) is 5.91 Å². The van der Waals surface area contributed by atoms with Gasteiger partial charge in [-0.1, -0.05) is 42.5 Å². The molecule has 0 aromatic heterocycles. The molecule has 0 aliphatic carbocycles. The first-order valence-electron chi connectivity index (χ1n) is 7.06. The summed E-state index contributed by atoms with van der Waals surface area (Å²) in [6, 6.07) is 18.6. The number of nitrogens with one attached hydrogen (secondary N) is 2. The number of hydrogen-bond donors (Lipinski definition) is 2. The minimum Gasteiger partial charge on any atom is -0.495 e. The highest BCUT2D eigenvalue weighted by molar-refractivity contribution is 6.07. The Morgan fingerprint density at radius 1 is 1.17 bits per heavy atom. The molecule has 2 rings (SSSR count). The Kier molecular flexibility index (Phi) is 5.78. The van der Waals surface area contributed by atoms with Crippen molar-refractivity contribution in [1.29, 1.82) is 5.26 Å². The predicted octanol–water partition coefficient (Wildman–Crippen LogP) is 2.83.